The Labute approximate surface area is 181 Å². The van der Waals surface area contributed by atoms with Crippen LogP contribution in [-0.2, 0) is 27.8 Å². The van der Waals surface area contributed by atoms with E-state index in [0.29, 0.717) is 49.7 Å². The predicted molar refractivity (Wildman–Crippen MR) is 114 cm³/mol. The normalized spacial score (nSPS) is 19.4. The first-order chi connectivity index (χ1) is 14.7. The molecule has 8 nitrogen and oxygen atoms in total. The van der Waals surface area contributed by atoms with Gasteiger partial charge in [-0.05, 0) is 37.1 Å². The lowest BCUT2D eigenvalue weighted by molar-refractivity contribution is -0.129. The van der Waals surface area contributed by atoms with E-state index in [9.17, 15) is 17.6 Å². The van der Waals surface area contributed by atoms with Crippen molar-refractivity contribution >= 4 is 21.7 Å². The third kappa shape index (κ3) is 4.01. The molecule has 0 bridgehead atoms. The summed E-state index contributed by atoms with van der Waals surface area (Å²) in [4.78, 5) is 23.0. The zero-order chi connectivity index (χ0) is 22.3. The average Bonchev–Trinajstić information content (AvgIpc) is 3.25. The molecule has 4 rings (SSSR count). The van der Waals surface area contributed by atoms with E-state index in [2.05, 4.69) is 10.3 Å². The first-order valence-electron chi connectivity index (χ1n) is 10.3. The number of carbonyl (C=O) groups is 1. The van der Waals surface area contributed by atoms with Crippen LogP contribution in [0, 0.1) is 12.7 Å². The molecule has 0 saturated carbocycles. The van der Waals surface area contributed by atoms with Crippen molar-refractivity contribution in [3.63, 3.8) is 0 Å². The zero-order valence-electron chi connectivity index (χ0n) is 17.9. The van der Waals surface area contributed by atoms with Crippen molar-refractivity contribution in [2.75, 3.05) is 32.0 Å². The third-order valence-corrected chi connectivity index (χ3v) is 7.90. The minimum Gasteiger partial charge on any atom is -0.373 e. The van der Waals surface area contributed by atoms with Gasteiger partial charge >= 0.3 is 0 Å². The van der Waals surface area contributed by atoms with Gasteiger partial charge in [-0.1, -0.05) is 0 Å². The quantitative estimate of drug-likeness (QED) is 0.771. The van der Waals surface area contributed by atoms with Gasteiger partial charge in [-0.15, -0.1) is 0 Å². The molecule has 0 radical (unpaired) electrons. The molecule has 0 unspecified atom stereocenters. The second-order valence-electron chi connectivity index (χ2n) is 8.06. The molecule has 0 aliphatic carbocycles. The lowest BCUT2D eigenvalue weighted by atomic mass is 10.0. The number of hydrogen-bond acceptors (Lipinski definition) is 6. The van der Waals surface area contributed by atoms with Crippen LogP contribution < -0.4 is 5.32 Å². The molecular formula is C21H26FN5O3S. The Morgan fingerprint density at radius 1 is 1.26 bits per heavy atom. The van der Waals surface area contributed by atoms with Gasteiger partial charge in [-0.25, -0.2) is 22.8 Å². The van der Waals surface area contributed by atoms with Crippen molar-refractivity contribution in [3.05, 3.63) is 46.7 Å². The van der Waals surface area contributed by atoms with Crippen LogP contribution in [-0.4, -0.2) is 60.2 Å². The fraction of sp³-hybridized carbons (Fsp3) is 0.476. The highest BCUT2D eigenvalue weighted by atomic mass is 32.2. The number of aryl methyl sites for hydroxylation is 1. The monoisotopic (exact) mass is 447 g/mol. The van der Waals surface area contributed by atoms with E-state index < -0.39 is 15.8 Å². The number of nitrogens with one attached hydrogen (secondary N) is 1. The highest BCUT2D eigenvalue weighted by Gasteiger charge is 2.36. The van der Waals surface area contributed by atoms with Gasteiger partial charge in [-0.2, -0.15) is 4.31 Å². The van der Waals surface area contributed by atoms with Gasteiger partial charge < -0.3 is 10.2 Å². The molecule has 10 heteroatoms. The van der Waals surface area contributed by atoms with E-state index in [4.69, 9.17) is 4.98 Å². The molecule has 1 atom stereocenters. The van der Waals surface area contributed by atoms with Crippen molar-refractivity contribution in [1.82, 2.24) is 19.2 Å². The molecule has 166 valence electrons. The molecule has 1 N–H and O–H groups in total. The maximum Gasteiger partial charge on any atom is 0.243 e. The largest absolute Gasteiger partial charge is 0.373 e. The van der Waals surface area contributed by atoms with Gasteiger partial charge in [0.1, 0.15) is 17.5 Å². The average molecular weight is 448 g/mol. The second-order valence-corrected chi connectivity index (χ2v) is 9.99. The zero-order valence-corrected chi connectivity index (χ0v) is 18.7. The third-order valence-electron chi connectivity index (χ3n) is 6.04. The number of aromatic nitrogens is 2. The molecule has 2 aliphatic heterocycles. The fourth-order valence-electron chi connectivity index (χ4n) is 4.18. The van der Waals surface area contributed by atoms with Gasteiger partial charge in [0, 0.05) is 51.5 Å². The molecule has 31 heavy (non-hydrogen) atoms. The van der Waals surface area contributed by atoms with Crippen molar-refractivity contribution in [3.8, 4) is 0 Å². The van der Waals surface area contributed by atoms with Gasteiger partial charge in [0.25, 0.3) is 0 Å². The molecule has 1 saturated heterocycles. The van der Waals surface area contributed by atoms with E-state index in [0.717, 1.165) is 11.3 Å². The van der Waals surface area contributed by atoms with Crippen molar-refractivity contribution in [2.45, 2.75) is 44.0 Å². The molecule has 3 heterocycles. The Balaban J connectivity index is 1.58. The van der Waals surface area contributed by atoms with Gasteiger partial charge in [-0.3, -0.25) is 4.79 Å². The van der Waals surface area contributed by atoms with Crippen molar-refractivity contribution in [2.24, 2.45) is 0 Å². The maximum absolute atomic E-state index is 13.6. The standard InChI is InChI=1S/C21H26FN5O3S/c1-13-10-16(4-5-18(13)22)31(29,30)27-9-6-15(11-27)20-24-19-7-8-26(14(2)28)12-17(19)21(23-3)25-20/h4-5,10,15H,6-9,11-12H2,1-3H3,(H,23,24,25)/t15-/m0/s1. The number of benzene rings is 1. The van der Waals surface area contributed by atoms with Crippen LogP contribution in [0.4, 0.5) is 10.2 Å². The molecular weight excluding hydrogens is 421 g/mol. The number of nitrogens with zero attached hydrogens (tertiary/aromatic N) is 4. The van der Waals surface area contributed by atoms with E-state index in [-0.39, 0.29) is 23.3 Å². The number of halogens is 1. The van der Waals surface area contributed by atoms with Crippen LogP contribution in [0.1, 0.15) is 41.9 Å². The highest BCUT2D eigenvalue weighted by Crippen LogP contribution is 2.32. The Morgan fingerprint density at radius 2 is 2.03 bits per heavy atom. The maximum atomic E-state index is 13.6. The van der Waals surface area contributed by atoms with Gasteiger partial charge in [0.15, 0.2) is 0 Å². The Kier molecular flexibility index (Phi) is 5.69. The SMILES string of the molecule is CNc1nc([C@H]2CCN(S(=O)(=O)c3ccc(F)c(C)c3)C2)nc2c1CN(C(C)=O)CC2. The number of sulfonamides is 1. The van der Waals surface area contributed by atoms with Crippen LogP contribution in [0.3, 0.4) is 0 Å². The number of fused-ring (bicyclic) bond motifs is 1. The van der Waals surface area contributed by atoms with Gasteiger partial charge in [0.2, 0.25) is 15.9 Å². The van der Waals surface area contributed by atoms with Crippen molar-refractivity contribution in [1.29, 1.82) is 0 Å². The number of amides is 1. The van der Waals surface area contributed by atoms with Crippen LogP contribution >= 0.6 is 0 Å². The molecule has 1 aromatic carbocycles. The Morgan fingerprint density at radius 3 is 2.71 bits per heavy atom. The summed E-state index contributed by atoms with van der Waals surface area (Å²) >= 11 is 0. The fourth-order valence-corrected chi connectivity index (χ4v) is 5.76. The summed E-state index contributed by atoms with van der Waals surface area (Å²) in [6, 6.07) is 3.86. The first kappa shape index (κ1) is 21.6. The van der Waals surface area contributed by atoms with Gasteiger partial charge in [0.05, 0.1) is 17.1 Å². The summed E-state index contributed by atoms with van der Waals surface area (Å²) in [5.41, 5.74) is 2.12. The summed E-state index contributed by atoms with van der Waals surface area (Å²) in [6.07, 6.45) is 1.25. The molecule has 2 aromatic rings. The number of carbonyl (C=O) groups excluding carboxylic acids is 1. The molecule has 1 fully saturated rings. The van der Waals surface area contributed by atoms with E-state index in [1.54, 1.807) is 25.8 Å². The summed E-state index contributed by atoms with van der Waals surface area (Å²) in [5.74, 6) is 0.765. The van der Waals surface area contributed by atoms with E-state index in [1.165, 1.54) is 22.5 Å². The minimum atomic E-state index is -3.72. The highest BCUT2D eigenvalue weighted by molar-refractivity contribution is 7.89. The first-order valence-corrected chi connectivity index (χ1v) is 11.7. The Hall–Kier alpha value is -2.59. The van der Waals surface area contributed by atoms with E-state index in [1.807, 2.05) is 0 Å². The number of rotatable bonds is 4. The second kappa shape index (κ2) is 8.16. The molecule has 0 spiro atoms. The smallest absolute Gasteiger partial charge is 0.243 e. The lowest BCUT2D eigenvalue weighted by Crippen LogP contribution is -2.35. The van der Waals surface area contributed by atoms with Crippen LogP contribution in [0.25, 0.3) is 0 Å². The topological polar surface area (TPSA) is 95.5 Å². The summed E-state index contributed by atoms with van der Waals surface area (Å²) in [6.45, 7) is 4.81. The van der Waals surface area contributed by atoms with Crippen LogP contribution in [0.2, 0.25) is 0 Å². The number of hydrogen-bond donors (Lipinski definition) is 1. The molecule has 2 aliphatic rings. The minimum absolute atomic E-state index is 0.0180. The predicted octanol–water partition coefficient (Wildman–Crippen LogP) is 2.05. The lowest BCUT2D eigenvalue weighted by Gasteiger charge is -2.29. The Bertz CT molecular complexity index is 1120. The summed E-state index contributed by atoms with van der Waals surface area (Å²) in [5, 5.41) is 3.10. The molecule has 1 aromatic heterocycles. The number of anilines is 1. The molecule has 1 amide bonds. The summed E-state index contributed by atoms with van der Waals surface area (Å²) < 4.78 is 41.1. The van der Waals surface area contributed by atoms with Crippen LogP contribution in [0.15, 0.2) is 23.1 Å². The summed E-state index contributed by atoms with van der Waals surface area (Å²) in [7, 11) is -1.94. The van der Waals surface area contributed by atoms with E-state index >= 15 is 0 Å². The van der Waals surface area contributed by atoms with Crippen molar-refractivity contribution < 1.29 is 17.6 Å². The van der Waals surface area contributed by atoms with Crippen LogP contribution in [0.5, 0.6) is 0 Å².